The van der Waals surface area contributed by atoms with Gasteiger partial charge in [0.2, 0.25) is 0 Å². The van der Waals surface area contributed by atoms with Gasteiger partial charge in [-0.3, -0.25) is 0 Å². The Morgan fingerprint density at radius 1 is 0.464 bits per heavy atom. The third-order valence-corrected chi connectivity index (χ3v) is 14.4. The fourth-order valence-corrected chi connectivity index (χ4v) is 11.8. The smallest absolute Gasteiger partial charge is 0.0358 e. The maximum absolute atomic E-state index is 2.53. The van der Waals surface area contributed by atoms with E-state index in [1.54, 1.807) is 0 Å². The molecule has 1 heteroatoms. The van der Waals surface area contributed by atoms with Crippen LogP contribution in [0.2, 0.25) is 0 Å². The molecule has 0 N–H and O–H groups in total. The molecule has 0 spiro atoms. The Morgan fingerprint density at radius 2 is 1.11 bits per heavy atom. The molecule has 56 heavy (non-hydrogen) atoms. The molecule has 0 unspecified atom stereocenters. The molecule has 0 aliphatic heterocycles. The highest BCUT2D eigenvalue weighted by molar-refractivity contribution is 7.20. The van der Waals surface area contributed by atoms with E-state index in [1.807, 2.05) is 11.3 Å². The molecule has 266 valence electrons. The molecule has 12 rings (SSSR count). The van der Waals surface area contributed by atoms with Gasteiger partial charge in [0.05, 0.1) is 0 Å². The summed E-state index contributed by atoms with van der Waals surface area (Å²) in [5.41, 5.74) is 17.7. The molecule has 0 bridgehead atoms. The van der Waals surface area contributed by atoms with Gasteiger partial charge in [0.15, 0.2) is 0 Å². The topological polar surface area (TPSA) is 0 Å². The first-order valence-corrected chi connectivity index (χ1v) is 21.0. The molecular weight excluding hydrogens is 693 g/mol. The maximum atomic E-state index is 2.53. The highest BCUT2D eigenvalue weighted by Crippen LogP contribution is 2.54. The lowest BCUT2D eigenvalue weighted by Crippen LogP contribution is -2.15. The number of hydrogen-bond acceptors (Lipinski definition) is 1. The number of aryl methyl sites for hydroxylation is 1. The quantitative estimate of drug-likeness (QED) is 0.159. The van der Waals surface area contributed by atoms with Crippen molar-refractivity contribution >= 4 is 65.9 Å². The van der Waals surface area contributed by atoms with Crippen molar-refractivity contribution < 1.29 is 0 Å². The number of rotatable bonds is 3. The first kappa shape index (κ1) is 32.2. The van der Waals surface area contributed by atoms with E-state index >= 15 is 0 Å². The Morgan fingerprint density at radius 3 is 1.88 bits per heavy atom. The molecule has 1 aromatic heterocycles. The molecule has 0 nitrogen and oxygen atoms in total. The highest BCUT2D eigenvalue weighted by Gasteiger charge is 2.37. The van der Waals surface area contributed by atoms with Crippen LogP contribution in [0.5, 0.6) is 0 Å². The first-order chi connectivity index (χ1) is 27.5. The predicted octanol–water partition coefficient (Wildman–Crippen LogP) is 15.6. The first-order valence-electron chi connectivity index (χ1n) is 20.2. The van der Waals surface area contributed by atoms with E-state index in [0.29, 0.717) is 0 Å². The van der Waals surface area contributed by atoms with Gasteiger partial charge in [-0.05, 0) is 155 Å². The second-order valence-corrected chi connectivity index (χ2v) is 17.6. The molecule has 0 fully saturated rings. The lowest BCUT2D eigenvalue weighted by Gasteiger charge is -2.23. The predicted molar refractivity (Wildman–Crippen MR) is 243 cm³/mol. The lowest BCUT2D eigenvalue weighted by molar-refractivity contribution is 0.661. The van der Waals surface area contributed by atoms with Crippen LogP contribution >= 0.6 is 11.3 Å². The van der Waals surface area contributed by atoms with Crippen molar-refractivity contribution in [3.05, 3.63) is 178 Å². The summed E-state index contributed by atoms with van der Waals surface area (Å²) in [7, 11) is 0. The molecule has 0 radical (unpaired) electrons. The number of fused-ring (bicyclic) bond motifs is 12. The molecule has 1 heterocycles. The summed E-state index contributed by atoms with van der Waals surface area (Å²) in [4.78, 5) is 1.44. The van der Waals surface area contributed by atoms with E-state index in [1.165, 1.54) is 120 Å². The molecule has 0 atom stereocenters. The summed E-state index contributed by atoms with van der Waals surface area (Å²) in [5, 5.41) is 9.45. The third kappa shape index (κ3) is 4.52. The minimum absolute atomic E-state index is 0.126. The minimum atomic E-state index is -0.126. The van der Waals surface area contributed by atoms with Crippen molar-refractivity contribution in [1.82, 2.24) is 0 Å². The van der Waals surface area contributed by atoms with E-state index in [2.05, 4.69) is 172 Å². The zero-order valence-electron chi connectivity index (χ0n) is 31.7. The maximum Gasteiger partial charge on any atom is 0.0358 e. The van der Waals surface area contributed by atoms with Crippen LogP contribution in [-0.4, -0.2) is 0 Å². The van der Waals surface area contributed by atoms with Gasteiger partial charge in [-0.2, -0.15) is 0 Å². The number of hydrogen-bond donors (Lipinski definition) is 0. The molecular formula is C55H40S. The van der Waals surface area contributed by atoms with Crippen LogP contribution in [0.3, 0.4) is 0 Å². The van der Waals surface area contributed by atoms with Crippen molar-refractivity contribution in [2.45, 2.75) is 44.9 Å². The average Bonchev–Trinajstić information content (AvgIpc) is 3.74. The van der Waals surface area contributed by atoms with Gasteiger partial charge in [-0.25, -0.2) is 0 Å². The van der Waals surface area contributed by atoms with Crippen LogP contribution in [0.4, 0.5) is 0 Å². The Kier molecular flexibility index (Phi) is 6.90. The second-order valence-electron chi connectivity index (χ2n) is 16.5. The standard InChI is InChI=1S/C55H40S/c1-55(2)47-29-27-44-43(28-30-50-54(44)46-22-9-10-24-49(46)56-50)53(47)45-26-25-36(32-48(45)55)52-41-20-7-5-18-39(41)51(40-19-6-8-21-42(40)52)35-16-11-15-34(31-35)38-23-12-14-33-13-3-4-17-37(33)38/h3,5-8,10-16,18-21,23-32H,4,9,17,22H2,1-2H3. The molecule has 3 aliphatic rings. The van der Waals surface area contributed by atoms with E-state index in [-0.39, 0.29) is 5.41 Å². The molecule has 8 aromatic carbocycles. The zero-order valence-corrected chi connectivity index (χ0v) is 32.6. The van der Waals surface area contributed by atoms with Crippen LogP contribution in [0.25, 0.3) is 99.1 Å². The molecule has 0 amide bonds. The molecule has 0 saturated carbocycles. The lowest BCUT2D eigenvalue weighted by atomic mass is 9.80. The fourth-order valence-electron chi connectivity index (χ4n) is 10.6. The van der Waals surface area contributed by atoms with Gasteiger partial charge in [0.1, 0.15) is 0 Å². The van der Waals surface area contributed by atoms with Crippen LogP contribution < -0.4 is 0 Å². The van der Waals surface area contributed by atoms with E-state index < -0.39 is 0 Å². The van der Waals surface area contributed by atoms with Gasteiger partial charge in [0, 0.05) is 20.4 Å². The highest BCUT2D eigenvalue weighted by atomic mass is 32.1. The monoisotopic (exact) mass is 732 g/mol. The third-order valence-electron chi connectivity index (χ3n) is 13.2. The van der Waals surface area contributed by atoms with Crippen molar-refractivity contribution in [1.29, 1.82) is 0 Å². The normalized spacial score (nSPS) is 15.0. The summed E-state index contributed by atoms with van der Waals surface area (Å²) in [5.74, 6) is 0. The van der Waals surface area contributed by atoms with Crippen molar-refractivity contribution in [3.63, 3.8) is 0 Å². The summed E-state index contributed by atoms with van der Waals surface area (Å²) in [6, 6.07) is 51.3. The van der Waals surface area contributed by atoms with Crippen molar-refractivity contribution in [2.75, 3.05) is 0 Å². The molecule has 0 saturated heterocycles. The number of benzene rings is 8. The average molecular weight is 733 g/mol. The van der Waals surface area contributed by atoms with E-state index in [9.17, 15) is 0 Å². The number of thiophene rings is 1. The fraction of sp³-hybridized carbons (Fsp3) is 0.127. The Labute approximate surface area is 332 Å². The molecule has 9 aromatic rings. The second kappa shape index (κ2) is 12.0. The van der Waals surface area contributed by atoms with Crippen LogP contribution in [0.1, 0.15) is 59.4 Å². The zero-order chi connectivity index (χ0) is 37.1. The SMILES string of the molecule is CC1(C)c2cc(-c3c4ccccc4c(-c4cccc(-c5cccc6c5CCC=C6)c4)c4ccccc34)ccc2-c2c1ccc1c2ccc2sc3c(c21)CCC=C3. The summed E-state index contributed by atoms with van der Waals surface area (Å²) in [6.07, 6.45) is 13.7. The van der Waals surface area contributed by atoms with Crippen LogP contribution in [-0.2, 0) is 18.3 Å². The summed E-state index contributed by atoms with van der Waals surface area (Å²) < 4.78 is 1.41. The largest absolute Gasteiger partial charge is 0.136 e. The van der Waals surface area contributed by atoms with Gasteiger partial charge >= 0.3 is 0 Å². The Bertz CT molecular complexity index is 3160. The van der Waals surface area contributed by atoms with Gasteiger partial charge in [-0.15, -0.1) is 11.3 Å². The summed E-state index contributed by atoms with van der Waals surface area (Å²) in [6.45, 7) is 4.85. The van der Waals surface area contributed by atoms with Crippen LogP contribution in [0, 0.1) is 0 Å². The van der Waals surface area contributed by atoms with Gasteiger partial charge in [0.25, 0.3) is 0 Å². The van der Waals surface area contributed by atoms with Crippen molar-refractivity contribution in [2.24, 2.45) is 0 Å². The van der Waals surface area contributed by atoms with Gasteiger partial charge in [-0.1, -0.05) is 147 Å². The number of allylic oxidation sites excluding steroid dienone is 2. The van der Waals surface area contributed by atoms with Gasteiger partial charge < -0.3 is 0 Å². The van der Waals surface area contributed by atoms with E-state index in [0.717, 1.165) is 25.7 Å². The minimum Gasteiger partial charge on any atom is -0.136 e. The van der Waals surface area contributed by atoms with Crippen molar-refractivity contribution in [3.8, 4) is 44.5 Å². The Hall–Kier alpha value is -6.02. The summed E-state index contributed by atoms with van der Waals surface area (Å²) >= 11 is 1.95. The Balaban J connectivity index is 1.06. The van der Waals surface area contributed by atoms with E-state index in [4.69, 9.17) is 0 Å². The molecule has 3 aliphatic carbocycles. The van der Waals surface area contributed by atoms with Crippen LogP contribution in [0.15, 0.2) is 146 Å².